The number of hydrogen-bond donors (Lipinski definition) is 0. The maximum atomic E-state index is 13.9. The lowest BCUT2D eigenvalue weighted by molar-refractivity contribution is 0.577. The minimum atomic E-state index is -0.242. The van der Waals surface area contributed by atoms with E-state index in [1.165, 1.54) is 31.1 Å². The molecule has 1 aliphatic rings. The molecule has 1 atom stereocenters. The number of alkyl halides is 1. The van der Waals surface area contributed by atoms with Gasteiger partial charge in [-0.3, -0.25) is 0 Å². The third kappa shape index (κ3) is 2.82. The van der Waals surface area contributed by atoms with E-state index in [4.69, 9.17) is 11.6 Å². The van der Waals surface area contributed by atoms with Crippen molar-refractivity contribution in [2.75, 3.05) is 11.6 Å². The van der Waals surface area contributed by atoms with Gasteiger partial charge >= 0.3 is 0 Å². The highest BCUT2D eigenvalue weighted by atomic mass is 35.5. The molecule has 2 heterocycles. The van der Waals surface area contributed by atoms with Gasteiger partial charge in [0.15, 0.2) is 5.82 Å². The van der Waals surface area contributed by atoms with Crippen LogP contribution in [0.2, 0.25) is 0 Å². The Balaban J connectivity index is 1.97. The minimum Gasteiger partial charge on any atom is -0.327 e. The van der Waals surface area contributed by atoms with E-state index >= 15 is 0 Å². The van der Waals surface area contributed by atoms with E-state index in [2.05, 4.69) is 9.55 Å². The number of nitrogens with zero attached hydrogens (tertiary/aromatic N) is 2. The zero-order valence-corrected chi connectivity index (χ0v) is 12.9. The van der Waals surface area contributed by atoms with Gasteiger partial charge in [-0.25, -0.2) is 9.37 Å². The van der Waals surface area contributed by atoms with Gasteiger partial charge in [-0.15, -0.1) is 11.6 Å². The van der Waals surface area contributed by atoms with Crippen LogP contribution in [0.4, 0.5) is 4.39 Å². The second-order valence-corrected chi connectivity index (χ2v) is 6.96. The van der Waals surface area contributed by atoms with Crippen LogP contribution in [0.15, 0.2) is 18.2 Å². The van der Waals surface area contributed by atoms with Crippen molar-refractivity contribution in [3.05, 3.63) is 29.8 Å². The molecule has 1 fully saturated rings. The van der Waals surface area contributed by atoms with Crippen molar-refractivity contribution in [2.24, 2.45) is 0 Å². The molecule has 20 heavy (non-hydrogen) atoms. The average Bonchev–Trinajstić information content (AvgIpc) is 2.81. The molecule has 2 aromatic rings. The van der Waals surface area contributed by atoms with E-state index in [1.807, 2.05) is 17.8 Å². The van der Waals surface area contributed by atoms with E-state index < -0.39 is 0 Å². The van der Waals surface area contributed by atoms with Crippen LogP contribution in [0.5, 0.6) is 0 Å². The van der Waals surface area contributed by atoms with Gasteiger partial charge in [0, 0.05) is 24.1 Å². The highest BCUT2D eigenvalue weighted by molar-refractivity contribution is 7.99. The number of halogens is 2. The molecule has 5 heteroatoms. The molecule has 0 radical (unpaired) electrons. The van der Waals surface area contributed by atoms with Gasteiger partial charge in [0.2, 0.25) is 0 Å². The summed E-state index contributed by atoms with van der Waals surface area (Å²) in [5, 5.41) is 0.610. The molecule has 0 amide bonds. The molecule has 1 unspecified atom stereocenters. The molecular weight excluding hydrogens is 295 g/mol. The summed E-state index contributed by atoms with van der Waals surface area (Å²) in [6.45, 7) is 0.914. The lowest BCUT2D eigenvalue weighted by atomic mass is 10.2. The van der Waals surface area contributed by atoms with Crippen LogP contribution in [-0.4, -0.2) is 26.4 Å². The van der Waals surface area contributed by atoms with Crippen molar-refractivity contribution in [3.8, 4) is 0 Å². The molecule has 0 spiro atoms. The second kappa shape index (κ2) is 6.35. The largest absolute Gasteiger partial charge is 0.327 e. The second-order valence-electron chi connectivity index (χ2n) is 5.17. The summed E-state index contributed by atoms with van der Waals surface area (Å²) in [6, 6.07) is 5.19. The number of hydrogen-bond acceptors (Lipinski definition) is 2. The highest BCUT2D eigenvalue weighted by Crippen LogP contribution is 2.29. The van der Waals surface area contributed by atoms with Crippen LogP contribution >= 0.6 is 23.4 Å². The van der Waals surface area contributed by atoms with Crippen LogP contribution in [0.25, 0.3) is 11.0 Å². The fourth-order valence-electron chi connectivity index (χ4n) is 2.80. The van der Waals surface area contributed by atoms with Crippen molar-refractivity contribution in [2.45, 2.75) is 37.5 Å². The van der Waals surface area contributed by atoms with Gasteiger partial charge in [-0.2, -0.15) is 11.8 Å². The molecule has 108 valence electrons. The van der Waals surface area contributed by atoms with Crippen molar-refractivity contribution in [1.82, 2.24) is 9.55 Å². The molecule has 1 aromatic heterocycles. The summed E-state index contributed by atoms with van der Waals surface area (Å²) >= 11 is 7.89. The Morgan fingerprint density at radius 3 is 3.05 bits per heavy atom. The molecule has 1 saturated heterocycles. The molecule has 1 aliphatic heterocycles. The summed E-state index contributed by atoms with van der Waals surface area (Å²) in [7, 11) is 0. The SMILES string of the molecule is Fc1cccc2c1nc(CCCl)n2CC1CCCCS1. The van der Waals surface area contributed by atoms with Crippen LogP contribution in [0.1, 0.15) is 25.1 Å². The smallest absolute Gasteiger partial charge is 0.151 e. The number of rotatable bonds is 4. The molecule has 0 saturated carbocycles. The molecule has 3 rings (SSSR count). The zero-order chi connectivity index (χ0) is 13.9. The lowest BCUT2D eigenvalue weighted by Crippen LogP contribution is -2.18. The van der Waals surface area contributed by atoms with Gasteiger partial charge in [-0.05, 0) is 30.7 Å². The zero-order valence-electron chi connectivity index (χ0n) is 11.3. The van der Waals surface area contributed by atoms with E-state index in [1.54, 1.807) is 6.07 Å². The molecule has 0 bridgehead atoms. The minimum absolute atomic E-state index is 0.242. The van der Waals surface area contributed by atoms with E-state index in [9.17, 15) is 4.39 Å². The Kier molecular flexibility index (Phi) is 4.51. The van der Waals surface area contributed by atoms with Crippen molar-refractivity contribution < 1.29 is 4.39 Å². The number of aromatic nitrogens is 2. The Hall–Kier alpha value is -0.740. The monoisotopic (exact) mass is 312 g/mol. The first-order chi connectivity index (χ1) is 9.79. The van der Waals surface area contributed by atoms with Crippen LogP contribution < -0.4 is 0 Å². The Morgan fingerprint density at radius 2 is 2.30 bits per heavy atom. The normalized spacial score (nSPS) is 19.6. The maximum absolute atomic E-state index is 13.9. The fourth-order valence-corrected chi connectivity index (χ4v) is 4.26. The molecule has 0 N–H and O–H groups in total. The highest BCUT2D eigenvalue weighted by Gasteiger charge is 2.19. The third-order valence-electron chi connectivity index (χ3n) is 3.79. The standard InChI is InChI=1S/C15H18ClFN2S/c16-8-7-14-18-15-12(17)5-3-6-13(15)19(14)10-11-4-1-2-9-20-11/h3,5-6,11H,1-2,4,7-10H2. The van der Waals surface area contributed by atoms with Gasteiger partial charge in [0.1, 0.15) is 11.3 Å². The van der Waals surface area contributed by atoms with Gasteiger partial charge in [-0.1, -0.05) is 12.5 Å². The Bertz CT molecular complexity index is 593. The number of fused-ring (bicyclic) bond motifs is 1. The van der Waals surface area contributed by atoms with Crippen LogP contribution in [0, 0.1) is 5.82 Å². The van der Waals surface area contributed by atoms with E-state index in [-0.39, 0.29) is 5.82 Å². The van der Waals surface area contributed by atoms with Crippen LogP contribution in [-0.2, 0) is 13.0 Å². The first kappa shape index (κ1) is 14.2. The van der Waals surface area contributed by atoms with E-state index in [0.29, 0.717) is 23.1 Å². The Labute approximate surface area is 127 Å². The maximum Gasteiger partial charge on any atom is 0.151 e. The fraction of sp³-hybridized carbons (Fsp3) is 0.533. The van der Waals surface area contributed by atoms with Crippen LogP contribution in [0.3, 0.4) is 0 Å². The third-order valence-corrected chi connectivity index (χ3v) is 5.36. The predicted octanol–water partition coefficient (Wildman–Crippen LogP) is 4.24. The number of thioether (sulfide) groups is 1. The van der Waals surface area contributed by atoms with E-state index in [0.717, 1.165) is 17.9 Å². The number of para-hydroxylation sites is 1. The quantitative estimate of drug-likeness (QED) is 0.786. The first-order valence-electron chi connectivity index (χ1n) is 7.11. The molecule has 2 nitrogen and oxygen atoms in total. The van der Waals surface area contributed by atoms with Gasteiger partial charge < -0.3 is 4.57 Å². The summed E-state index contributed by atoms with van der Waals surface area (Å²) < 4.78 is 16.1. The molecule has 0 aliphatic carbocycles. The summed E-state index contributed by atoms with van der Waals surface area (Å²) in [5.41, 5.74) is 1.38. The lowest BCUT2D eigenvalue weighted by Gasteiger charge is -2.22. The number of aryl methyl sites for hydroxylation is 1. The summed E-state index contributed by atoms with van der Waals surface area (Å²) in [6.07, 6.45) is 4.53. The van der Waals surface area contributed by atoms with Gasteiger partial charge in [0.25, 0.3) is 0 Å². The van der Waals surface area contributed by atoms with Gasteiger partial charge in [0.05, 0.1) is 5.52 Å². The van der Waals surface area contributed by atoms with Crippen molar-refractivity contribution >= 4 is 34.4 Å². The number of imidazole rings is 1. The molecular formula is C15H18ClFN2S. The van der Waals surface area contributed by atoms with Crippen molar-refractivity contribution in [3.63, 3.8) is 0 Å². The van der Waals surface area contributed by atoms with Crippen molar-refractivity contribution in [1.29, 1.82) is 0 Å². The summed E-state index contributed by atoms with van der Waals surface area (Å²) in [4.78, 5) is 4.46. The first-order valence-corrected chi connectivity index (χ1v) is 8.69. The Morgan fingerprint density at radius 1 is 1.40 bits per heavy atom. The summed E-state index contributed by atoms with van der Waals surface area (Å²) in [5.74, 6) is 2.42. The average molecular weight is 313 g/mol. The number of benzene rings is 1. The topological polar surface area (TPSA) is 17.8 Å². The predicted molar refractivity (Wildman–Crippen MR) is 84.2 cm³/mol. The molecule has 1 aromatic carbocycles.